The number of rotatable bonds is 3. The lowest BCUT2D eigenvalue weighted by atomic mass is 9.99. The van der Waals surface area contributed by atoms with Gasteiger partial charge in [-0.05, 0) is 56.5 Å². The molecule has 1 aliphatic rings. The van der Waals surface area contributed by atoms with Gasteiger partial charge in [-0.15, -0.1) is 0 Å². The summed E-state index contributed by atoms with van der Waals surface area (Å²) >= 11 is 0. The van der Waals surface area contributed by atoms with Crippen LogP contribution < -0.4 is 0 Å². The number of likely N-dealkylation sites (tertiary alicyclic amines) is 1. The van der Waals surface area contributed by atoms with E-state index < -0.39 is 11.7 Å². The molecule has 1 aliphatic heterocycles. The van der Waals surface area contributed by atoms with E-state index in [-0.39, 0.29) is 17.8 Å². The number of carbonyl (C=O) groups excluding carboxylic acids is 1. The molecule has 32 heavy (non-hydrogen) atoms. The smallest absolute Gasteiger partial charge is 0.331 e. The molecule has 10 heteroatoms. The standard InChI is InChI=1S/C22H21F3N6O/c1-14-5-7-17(19(12-14)31-27-9-10-28-31)21(32)30-11-3-4-18(15(30)2)29-20-8-6-16(13-26-20)22(23,24)25/h5-10,12-13,15H,3-4,11H2,1-2H3/t15-/m0/s1. The van der Waals surface area contributed by atoms with E-state index in [1.807, 2.05) is 26.0 Å². The van der Waals surface area contributed by atoms with Crippen molar-refractivity contribution in [2.45, 2.75) is 38.9 Å². The highest BCUT2D eigenvalue weighted by Crippen LogP contribution is 2.30. The number of aliphatic imine (C=N–C) groups is 1. The number of alkyl halides is 3. The molecule has 1 amide bonds. The minimum Gasteiger partial charge on any atom is -0.331 e. The van der Waals surface area contributed by atoms with Gasteiger partial charge in [0, 0.05) is 18.5 Å². The van der Waals surface area contributed by atoms with Crippen LogP contribution in [0.2, 0.25) is 0 Å². The summed E-state index contributed by atoms with van der Waals surface area (Å²) in [6.45, 7) is 4.33. The average Bonchev–Trinajstić information content (AvgIpc) is 3.29. The molecule has 0 bridgehead atoms. The molecule has 0 aliphatic carbocycles. The molecule has 1 saturated heterocycles. The fraction of sp³-hybridized carbons (Fsp3) is 0.318. The summed E-state index contributed by atoms with van der Waals surface area (Å²) in [5.41, 5.74) is 1.89. The number of piperidine rings is 1. The van der Waals surface area contributed by atoms with Gasteiger partial charge in [0.2, 0.25) is 0 Å². The lowest BCUT2D eigenvalue weighted by molar-refractivity contribution is -0.137. The van der Waals surface area contributed by atoms with Gasteiger partial charge in [0.25, 0.3) is 5.91 Å². The molecule has 3 aromatic rings. The van der Waals surface area contributed by atoms with Crippen LogP contribution in [0, 0.1) is 6.92 Å². The number of amides is 1. The first-order chi connectivity index (χ1) is 15.2. The first kappa shape index (κ1) is 21.7. The van der Waals surface area contributed by atoms with Crippen LogP contribution in [0.4, 0.5) is 19.0 Å². The van der Waals surface area contributed by atoms with E-state index in [4.69, 9.17) is 0 Å². The Morgan fingerprint density at radius 3 is 2.56 bits per heavy atom. The van der Waals surface area contributed by atoms with Crippen LogP contribution in [0.25, 0.3) is 5.69 Å². The zero-order valence-corrected chi connectivity index (χ0v) is 17.5. The topological polar surface area (TPSA) is 76.3 Å². The predicted octanol–water partition coefficient (Wildman–Crippen LogP) is 4.39. The minimum atomic E-state index is -4.45. The number of hydrogen-bond acceptors (Lipinski definition) is 5. The van der Waals surface area contributed by atoms with Gasteiger partial charge in [-0.3, -0.25) is 4.79 Å². The third-order valence-corrected chi connectivity index (χ3v) is 5.39. The second kappa shape index (κ2) is 8.52. The molecule has 0 spiro atoms. The summed E-state index contributed by atoms with van der Waals surface area (Å²) in [7, 11) is 0. The predicted molar refractivity (Wildman–Crippen MR) is 112 cm³/mol. The number of benzene rings is 1. The second-order valence-corrected chi connectivity index (χ2v) is 7.62. The third kappa shape index (κ3) is 4.39. The van der Waals surface area contributed by atoms with Crippen LogP contribution in [0.5, 0.6) is 0 Å². The molecule has 2 aromatic heterocycles. The van der Waals surface area contributed by atoms with Crippen molar-refractivity contribution >= 4 is 17.4 Å². The molecule has 1 fully saturated rings. The van der Waals surface area contributed by atoms with Crippen LogP contribution in [-0.2, 0) is 6.18 Å². The molecule has 1 atom stereocenters. The number of carbonyl (C=O) groups is 1. The molecule has 1 aromatic carbocycles. The average molecular weight is 442 g/mol. The van der Waals surface area contributed by atoms with Gasteiger partial charge in [-0.25, -0.2) is 9.98 Å². The quantitative estimate of drug-likeness (QED) is 0.603. The van der Waals surface area contributed by atoms with E-state index in [2.05, 4.69) is 20.2 Å². The Morgan fingerprint density at radius 1 is 1.16 bits per heavy atom. The van der Waals surface area contributed by atoms with Gasteiger partial charge in [-0.2, -0.15) is 28.2 Å². The van der Waals surface area contributed by atoms with E-state index in [1.54, 1.807) is 23.4 Å². The van der Waals surface area contributed by atoms with Crippen LogP contribution in [-0.4, -0.2) is 49.1 Å². The molecular weight excluding hydrogens is 421 g/mol. The van der Waals surface area contributed by atoms with Gasteiger partial charge in [0.05, 0.1) is 35.2 Å². The van der Waals surface area contributed by atoms with Gasteiger partial charge in [0.15, 0.2) is 5.82 Å². The third-order valence-electron chi connectivity index (χ3n) is 5.39. The van der Waals surface area contributed by atoms with Crippen LogP contribution in [0.15, 0.2) is 53.9 Å². The van der Waals surface area contributed by atoms with Gasteiger partial charge in [-0.1, -0.05) is 6.07 Å². The molecule has 4 rings (SSSR count). The van der Waals surface area contributed by atoms with Crippen molar-refractivity contribution in [3.8, 4) is 5.69 Å². The SMILES string of the molecule is Cc1ccc(C(=O)N2CCCC(=Nc3ccc(C(F)(F)F)cn3)[C@@H]2C)c(-n2nccn2)c1. The van der Waals surface area contributed by atoms with Crippen molar-refractivity contribution in [1.82, 2.24) is 24.9 Å². The number of pyridine rings is 1. The normalized spacial score (nSPS) is 18.2. The zero-order chi connectivity index (χ0) is 22.9. The van der Waals surface area contributed by atoms with E-state index in [1.165, 1.54) is 10.9 Å². The minimum absolute atomic E-state index is 0.183. The first-order valence-electron chi connectivity index (χ1n) is 10.1. The number of hydrogen-bond donors (Lipinski definition) is 0. The van der Waals surface area contributed by atoms with Crippen molar-refractivity contribution in [3.63, 3.8) is 0 Å². The summed E-state index contributed by atoms with van der Waals surface area (Å²) in [6, 6.07) is 7.33. The monoisotopic (exact) mass is 442 g/mol. The fourth-order valence-corrected chi connectivity index (χ4v) is 3.69. The first-order valence-corrected chi connectivity index (χ1v) is 10.1. The highest BCUT2D eigenvalue weighted by Gasteiger charge is 2.32. The Hall–Kier alpha value is -3.56. The van der Waals surface area contributed by atoms with Crippen molar-refractivity contribution in [2.24, 2.45) is 4.99 Å². The fourth-order valence-electron chi connectivity index (χ4n) is 3.69. The van der Waals surface area contributed by atoms with E-state index >= 15 is 0 Å². The molecule has 0 radical (unpaired) electrons. The lowest BCUT2D eigenvalue weighted by Gasteiger charge is -2.35. The number of nitrogens with zero attached hydrogens (tertiary/aromatic N) is 6. The molecule has 0 saturated carbocycles. The Bertz CT molecular complexity index is 1140. The van der Waals surface area contributed by atoms with E-state index in [0.29, 0.717) is 36.3 Å². The number of aryl methyl sites for hydroxylation is 1. The van der Waals surface area contributed by atoms with Crippen LogP contribution in [0.1, 0.15) is 41.3 Å². The zero-order valence-electron chi connectivity index (χ0n) is 17.5. The molecule has 166 valence electrons. The van der Waals surface area contributed by atoms with Crippen molar-refractivity contribution in [2.75, 3.05) is 6.54 Å². The second-order valence-electron chi connectivity index (χ2n) is 7.62. The number of aromatic nitrogens is 4. The molecule has 0 N–H and O–H groups in total. The molecule has 0 unspecified atom stereocenters. The maximum Gasteiger partial charge on any atom is 0.417 e. The van der Waals surface area contributed by atoms with Crippen LogP contribution in [0.3, 0.4) is 0 Å². The van der Waals surface area contributed by atoms with E-state index in [0.717, 1.165) is 17.8 Å². The Kier molecular flexibility index (Phi) is 5.77. The van der Waals surface area contributed by atoms with Crippen molar-refractivity contribution in [1.29, 1.82) is 0 Å². The summed E-state index contributed by atoms with van der Waals surface area (Å²) in [5.74, 6) is 0.00323. The summed E-state index contributed by atoms with van der Waals surface area (Å²) in [5, 5.41) is 8.31. The lowest BCUT2D eigenvalue weighted by Crippen LogP contribution is -2.47. The van der Waals surface area contributed by atoms with Crippen molar-refractivity contribution in [3.05, 3.63) is 65.6 Å². The van der Waals surface area contributed by atoms with Gasteiger partial charge < -0.3 is 4.90 Å². The largest absolute Gasteiger partial charge is 0.417 e. The van der Waals surface area contributed by atoms with E-state index in [9.17, 15) is 18.0 Å². The summed E-state index contributed by atoms with van der Waals surface area (Å²) in [4.78, 5) is 24.9. The molecule has 3 heterocycles. The maximum absolute atomic E-state index is 13.5. The van der Waals surface area contributed by atoms with Gasteiger partial charge >= 0.3 is 6.18 Å². The maximum atomic E-state index is 13.5. The van der Waals surface area contributed by atoms with Crippen molar-refractivity contribution < 1.29 is 18.0 Å². The Morgan fingerprint density at radius 2 is 1.91 bits per heavy atom. The molecular formula is C22H21F3N6O. The summed E-state index contributed by atoms with van der Waals surface area (Å²) < 4.78 is 38.3. The highest BCUT2D eigenvalue weighted by molar-refractivity contribution is 6.02. The van der Waals surface area contributed by atoms with Crippen LogP contribution >= 0.6 is 0 Å². The number of halogens is 3. The Balaban J connectivity index is 1.61. The molecule has 7 nitrogen and oxygen atoms in total. The highest BCUT2D eigenvalue weighted by atomic mass is 19.4. The Labute approximate surface area is 182 Å². The summed E-state index contributed by atoms with van der Waals surface area (Å²) in [6.07, 6.45) is 0.733. The van der Waals surface area contributed by atoms with Gasteiger partial charge in [0.1, 0.15) is 0 Å².